The fourth-order valence-corrected chi connectivity index (χ4v) is 2.26. The number of para-hydroxylation sites is 1. The van der Waals surface area contributed by atoms with Crippen molar-refractivity contribution in [2.45, 2.75) is 12.8 Å². The number of benzene rings is 2. The maximum Gasteiger partial charge on any atom is 0.243 e. The van der Waals surface area contributed by atoms with E-state index < -0.39 is 0 Å². The Bertz CT molecular complexity index is 647. The zero-order chi connectivity index (χ0) is 17.0. The molecule has 0 aliphatic heterocycles. The van der Waals surface area contributed by atoms with E-state index in [0.29, 0.717) is 5.96 Å². The molecule has 5 nitrogen and oxygen atoms in total. The molecule has 0 heterocycles. The number of hydrogen-bond acceptors (Lipinski definition) is 2. The smallest absolute Gasteiger partial charge is 0.243 e. The lowest BCUT2D eigenvalue weighted by Gasteiger charge is -2.12. The first-order valence-electron chi connectivity index (χ1n) is 8.11. The van der Waals surface area contributed by atoms with E-state index in [-0.39, 0.29) is 36.4 Å². The molecule has 1 amide bonds. The van der Waals surface area contributed by atoms with Crippen LogP contribution in [0.4, 0.5) is 5.69 Å². The lowest BCUT2D eigenvalue weighted by atomic mass is 10.1. The molecule has 0 aliphatic carbocycles. The molecule has 0 unspecified atom stereocenters. The van der Waals surface area contributed by atoms with Gasteiger partial charge in [-0.3, -0.25) is 9.79 Å². The molecular formula is C19H25IN4O. The maximum atomic E-state index is 11.9. The summed E-state index contributed by atoms with van der Waals surface area (Å²) in [5.74, 6) is 0.528. The average molecular weight is 452 g/mol. The van der Waals surface area contributed by atoms with E-state index in [1.807, 2.05) is 36.4 Å². The highest BCUT2D eigenvalue weighted by atomic mass is 127. The highest BCUT2D eigenvalue weighted by Gasteiger charge is 2.03. The van der Waals surface area contributed by atoms with Crippen LogP contribution in [0, 0.1) is 0 Å². The first kappa shape index (κ1) is 21.0. The Labute approximate surface area is 166 Å². The fourth-order valence-electron chi connectivity index (χ4n) is 2.26. The number of anilines is 1. The van der Waals surface area contributed by atoms with E-state index in [4.69, 9.17) is 0 Å². The first-order valence-corrected chi connectivity index (χ1v) is 8.11. The van der Waals surface area contributed by atoms with Gasteiger partial charge in [-0.1, -0.05) is 48.5 Å². The van der Waals surface area contributed by atoms with Crippen LogP contribution in [0.5, 0.6) is 0 Å². The fraction of sp³-hybridized carbons (Fsp3) is 0.263. The summed E-state index contributed by atoms with van der Waals surface area (Å²) in [6, 6.07) is 19.8. The summed E-state index contributed by atoms with van der Waals surface area (Å²) in [4.78, 5) is 16.0. The molecule has 25 heavy (non-hydrogen) atoms. The predicted molar refractivity (Wildman–Crippen MR) is 115 cm³/mol. The molecule has 0 saturated carbocycles. The quantitative estimate of drug-likeness (QED) is 0.262. The summed E-state index contributed by atoms with van der Waals surface area (Å²) in [5.41, 5.74) is 2.11. The van der Waals surface area contributed by atoms with E-state index in [9.17, 15) is 4.79 Å². The van der Waals surface area contributed by atoms with E-state index >= 15 is 0 Å². The standard InChI is InChI=1S/C19H24N4O.HI/c1-20-19(21-14-8-11-16-9-4-2-5-10-16)22-15-18(24)23-17-12-6-3-7-13-17;/h2-7,9-10,12-13H,8,11,14-15H2,1H3,(H,23,24)(H2,20,21,22);1H. The Balaban J connectivity index is 0.00000312. The van der Waals surface area contributed by atoms with Crippen LogP contribution in [0.25, 0.3) is 0 Å². The maximum absolute atomic E-state index is 11.9. The van der Waals surface area contributed by atoms with Crippen LogP contribution in [0.1, 0.15) is 12.0 Å². The number of carbonyl (C=O) groups excluding carboxylic acids is 1. The number of nitrogens with zero attached hydrogens (tertiary/aromatic N) is 1. The van der Waals surface area contributed by atoms with Gasteiger partial charge in [0.05, 0.1) is 6.54 Å². The number of halogens is 1. The molecule has 0 radical (unpaired) electrons. The van der Waals surface area contributed by atoms with Gasteiger partial charge in [0.1, 0.15) is 0 Å². The number of guanidine groups is 1. The number of aliphatic imine (C=N–C) groups is 1. The molecule has 0 aromatic heterocycles. The van der Waals surface area contributed by atoms with Gasteiger partial charge in [0.2, 0.25) is 5.91 Å². The lowest BCUT2D eigenvalue weighted by molar-refractivity contribution is -0.115. The first-order chi connectivity index (χ1) is 11.8. The summed E-state index contributed by atoms with van der Waals surface area (Å²) >= 11 is 0. The average Bonchev–Trinajstić information content (AvgIpc) is 2.63. The molecule has 2 aromatic rings. The Hall–Kier alpha value is -2.09. The van der Waals surface area contributed by atoms with Crippen LogP contribution >= 0.6 is 24.0 Å². The molecule has 3 N–H and O–H groups in total. The van der Waals surface area contributed by atoms with Gasteiger partial charge >= 0.3 is 0 Å². The third kappa shape index (κ3) is 8.53. The number of aryl methyl sites for hydroxylation is 1. The Kier molecular flexibility index (Phi) is 10.3. The molecule has 2 rings (SSSR count). The van der Waals surface area contributed by atoms with Crippen LogP contribution < -0.4 is 16.0 Å². The van der Waals surface area contributed by atoms with Crippen molar-refractivity contribution in [2.24, 2.45) is 4.99 Å². The highest BCUT2D eigenvalue weighted by molar-refractivity contribution is 14.0. The zero-order valence-corrected chi connectivity index (χ0v) is 16.7. The van der Waals surface area contributed by atoms with E-state index in [1.54, 1.807) is 7.05 Å². The molecule has 6 heteroatoms. The minimum atomic E-state index is -0.103. The van der Waals surface area contributed by atoms with Gasteiger partial charge in [0.25, 0.3) is 0 Å². The molecule has 0 saturated heterocycles. The summed E-state index contributed by atoms with van der Waals surface area (Å²) < 4.78 is 0. The van der Waals surface area contributed by atoms with Crippen molar-refractivity contribution in [3.63, 3.8) is 0 Å². The number of hydrogen-bond donors (Lipinski definition) is 3. The molecule has 0 spiro atoms. The van der Waals surface area contributed by atoms with E-state index in [2.05, 4.69) is 45.2 Å². The van der Waals surface area contributed by atoms with Crippen LogP contribution in [0.15, 0.2) is 65.7 Å². The van der Waals surface area contributed by atoms with Gasteiger partial charge in [-0.15, -0.1) is 24.0 Å². The Morgan fingerprint density at radius 1 is 0.960 bits per heavy atom. The topological polar surface area (TPSA) is 65.5 Å². The van der Waals surface area contributed by atoms with Gasteiger partial charge in [0, 0.05) is 19.3 Å². The summed E-state index contributed by atoms with van der Waals surface area (Å²) in [5, 5.41) is 9.06. The molecule has 0 fully saturated rings. The minimum Gasteiger partial charge on any atom is -0.356 e. The lowest BCUT2D eigenvalue weighted by Crippen LogP contribution is -2.41. The second-order valence-corrected chi connectivity index (χ2v) is 5.36. The van der Waals surface area contributed by atoms with Gasteiger partial charge < -0.3 is 16.0 Å². The second kappa shape index (κ2) is 12.3. The molecule has 0 atom stereocenters. The number of nitrogens with one attached hydrogen (secondary N) is 3. The zero-order valence-electron chi connectivity index (χ0n) is 14.4. The van der Waals surface area contributed by atoms with Gasteiger partial charge in [-0.2, -0.15) is 0 Å². The van der Waals surface area contributed by atoms with Crippen molar-refractivity contribution < 1.29 is 4.79 Å². The van der Waals surface area contributed by atoms with Crippen LogP contribution in [-0.2, 0) is 11.2 Å². The molecule has 0 aliphatic rings. The van der Waals surface area contributed by atoms with Crippen LogP contribution in [-0.4, -0.2) is 32.0 Å². The van der Waals surface area contributed by atoms with E-state index in [1.165, 1.54) is 5.56 Å². The SMILES string of the molecule is CN=C(NCCCc1ccccc1)NCC(=O)Nc1ccccc1.I. The van der Waals surface area contributed by atoms with Gasteiger partial charge in [-0.05, 0) is 30.5 Å². The van der Waals surface area contributed by atoms with Gasteiger partial charge in [0.15, 0.2) is 5.96 Å². The van der Waals surface area contributed by atoms with Crippen molar-refractivity contribution in [1.82, 2.24) is 10.6 Å². The van der Waals surface area contributed by atoms with Crippen LogP contribution in [0.3, 0.4) is 0 Å². The third-order valence-corrected chi connectivity index (χ3v) is 3.48. The summed E-state index contributed by atoms with van der Waals surface area (Å²) in [6.45, 7) is 0.974. The summed E-state index contributed by atoms with van der Waals surface area (Å²) in [6.07, 6.45) is 2.01. The van der Waals surface area contributed by atoms with Gasteiger partial charge in [-0.25, -0.2) is 0 Å². The van der Waals surface area contributed by atoms with Crippen LogP contribution in [0.2, 0.25) is 0 Å². The number of amides is 1. The molecular weight excluding hydrogens is 427 g/mol. The normalized spacial score (nSPS) is 10.5. The third-order valence-electron chi connectivity index (χ3n) is 3.48. The number of carbonyl (C=O) groups is 1. The Morgan fingerprint density at radius 3 is 2.24 bits per heavy atom. The summed E-state index contributed by atoms with van der Waals surface area (Å²) in [7, 11) is 1.70. The molecule has 0 bridgehead atoms. The van der Waals surface area contributed by atoms with Crippen molar-refractivity contribution in [3.8, 4) is 0 Å². The Morgan fingerprint density at radius 2 is 1.60 bits per heavy atom. The van der Waals surface area contributed by atoms with E-state index in [0.717, 1.165) is 25.1 Å². The largest absolute Gasteiger partial charge is 0.356 e. The van der Waals surface area contributed by atoms with Crippen molar-refractivity contribution >= 4 is 41.5 Å². The second-order valence-electron chi connectivity index (χ2n) is 5.36. The molecule has 2 aromatic carbocycles. The molecule has 134 valence electrons. The van der Waals surface area contributed by atoms with Crippen molar-refractivity contribution in [2.75, 3.05) is 25.5 Å². The number of rotatable bonds is 7. The monoisotopic (exact) mass is 452 g/mol. The van der Waals surface area contributed by atoms with Crippen molar-refractivity contribution in [1.29, 1.82) is 0 Å². The highest BCUT2D eigenvalue weighted by Crippen LogP contribution is 2.04. The predicted octanol–water partition coefficient (Wildman–Crippen LogP) is 3.04. The minimum absolute atomic E-state index is 0. The van der Waals surface area contributed by atoms with Crippen molar-refractivity contribution in [3.05, 3.63) is 66.2 Å².